The molecular weight excluding hydrogens is 627 g/mol. The highest BCUT2D eigenvalue weighted by atomic mass is 32.1. The summed E-state index contributed by atoms with van der Waals surface area (Å²) in [6.07, 6.45) is 0. The molecule has 0 bridgehead atoms. The van der Waals surface area contributed by atoms with Crippen LogP contribution in [-0.4, -0.2) is 14.5 Å². The van der Waals surface area contributed by atoms with Gasteiger partial charge in [0.2, 0.25) is 0 Å². The molecule has 3 heterocycles. The molecule has 0 amide bonds. The number of hydrogen-bond donors (Lipinski definition) is 0. The first kappa shape index (κ1) is 28.6. The van der Waals surface area contributed by atoms with Crippen molar-refractivity contribution < 1.29 is 0 Å². The maximum atomic E-state index is 5.22. The Morgan fingerprint density at radius 3 is 1.60 bits per heavy atom. The Morgan fingerprint density at radius 2 is 0.920 bits per heavy atom. The Hall–Kier alpha value is -6.36. The van der Waals surface area contributed by atoms with Crippen molar-refractivity contribution in [3.8, 4) is 50.6 Å². The first-order valence-corrected chi connectivity index (χ1v) is 17.6. The van der Waals surface area contributed by atoms with Gasteiger partial charge in [-0.3, -0.25) is 0 Å². The van der Waals surface area contributed by atoms with Crippen LogP contribution in [0.25, 0.3) is 92.7 Å². The van der Waals surface area contributed by atoms with Crippen molar-refractivity contribution >= 4 is 53.4 Å². The molecule has 0 aliphatic rings. The van der Waals surface area contributed by atoms with Gasteiger partial charge in [-0.05, 0) is 58.7 Å². The average Bonchev–Trinajstić information content (AvgIpc) is 3.74. The highest BCUT2D eigenvalue weighted by Gasteiger charge is 2.18. The molecule has 0 N–H and O–H groups in total. The second-order valence-corrected chi connectivity index (χ2v) is 13.7. The molecule has 4 heteroatoms. The van der Waals surface area contributed by atoms with Crippen molar-refractivity contribution in [2.75, 3.05) is 0 Å². The van der Waals surface area contributed by atoms with Crippen molar-refractivity contribution in [2.45, 2.75) is 0 Å². The Balaban J connectivity index is 1.09. The molecule has 10 rings (SSSR count). The summed E-state index contributed by atoms with van der Waals surface area (Å²) in [6.45, 7) is 0. The third kappa shape index (κ3) is 4.73. The van der Waals surface area contributed by atoms with E-state index in [1.165, 1.54) is 48.8 Å². The van der Waals surface area contributed by atoms with Crippen LogP contribution in [0.5, 0.6) is 0 Å². The van der Waals surface area contributed by atoms with Gasteiger partial charge in [0.15, 0.2) is 5.82 Å². The summed E-state index contributed by atoms with van der Waals surface area (Å²) in [7, 11) is 0. The van der Waals surface area contributed by atoms with Gasteiger partial charge < -0.3 is 4.57 Å². The van der Waals surface area contributed by atoms with Crippen molar-refractivity contribution in [1.82, 2.24) is 14.5 Å². The number of aromatic nitrogens is 3. The lowest BCUT2D eigenvalue weighted by atomic mass is 10.0. The third-order valence-corrected chi connectivity index (χ3v) is 10.8. The van der Waals surface area contributed by atoms with Crippen LogP contribution in [0.2, 0.25) is 0 Å². The predicted octanol–water partition coefficient (Wildman–Crippen LogP) is 12.6. The van der Waals surface area contributed by atoms with Crippen LogP contribution in [0.15, 0.2) is 176 Å². The SMILES string of the molecule is c1ccc(-c2ccc(-c3nc(-c4ccccc4)nc4c3sc3ccc(-c5ccc(-n6c7ccccc7c7ccccc76)cc5)cc34)cc2)cc1. The number of para-hydroxylation sites is 2. The van der Waals surface area contributed by atoms with Gasteiger partial charge in [-0.15, -0.1) is 11.3 Å². The van der Waals surface area contributed by atoms with E-state index in [1.54, 1.807) is 11.3 Å². The molecule has 0 saturated carbocycles. The molecule has 0 aliphatic heterocycles. The fraction of sp³-hybridized carbons (Fsp3) is 0. The van der Waals surface area contributed by atoms with Gasteiger partial charge in [0.25, 0.3) is 0 Å². The summed E-state index contributed by atoms with van der Waals surface area (Å²) < 4.78 is 4.67. The van der Waals surface area contributed by atoms with E-state index in [0.29, 0.717) is 0 Å². The highest BCUT2D eigenvalue weighted by molar-refractivity contribution is 7.26. The molecule has 3 nitrogen and oxygen atoms in total. The maximum Gasteiger partial charge on any atom is 0.160 e. The summed E-state index contributed by atoms with van der Waals surface area (Å²) in [5.41, 5.74) is 12.4. The van der Waals surface area contributed by atoms with Gasteiger partial charge >= 0.3 is 0 Å². The van der Waals surface area contributed by atoms with Crippen LogP contribution in [0.1, 0.15) is 0 Å². The van der Waals surface area contributed by atoms with Crippen molar-refractivity contribution in [2.24, 2.45) is 0 Å². The van der Waals surface area contributed by atoms with Crippen LogP contribution in [0.3, 0.4) is 0 Å². The molecule has 0 unspecified atom stereocenters. The lowest BCUT2D eigenvalue weighted by Crippen LogP contribution is -1.94. The van der Waals surface area contributed by atoms with E-state index in [2.05, 4.69) is 162 Å². The summed E-state index contributed by atoms with van der Waals surface area (Å²) in [5.74, 6) is 0.737. The van der Waals surface area contributed by atoms with Crippen LogP contribution >= 0.6 is 11.3 Å². The van der Waals surface area contributed by atoms with Gasteiger partial charge in [0.1, 0.15) is 0 Å². The lowest BCUT2D eigenvalue weighted by molar-refractivity contribution is 1.18. The van der Waals surface area contributed by atoms with E-state index in [0.717, 1.165) is 43.9 Å². The molecule has 3 aromatic heterocycles. The normalized spacial score (nSPS) is 11.6. The topological polar surface area (TPSA) is 30.7 Å². The number of rotatable bonds is 5. The Labute approximate surface area is 293 Å². The highest BCUT2D eigenvalue weighted by Crippen LogP contribution is 2.41. The fourth-order valence-corrected chi connectivity index (χ4v) is 8.32. The Kier molecular flexibility index (Phi) is 6.68. The molecule has 0 spiro atoms. The van der Waals surface area contributed by atoms with E-state index in [4.69, 9.17) is 9.97 Å². The zero-order chi connectivity index (χ0) is 33.0. The second-order valence-electron chi connectivity index (χ2n) is 12.6. The molecule has 234 valence electrons. The summed E-state index contributed by atoms with van der Waals surface area (Å²) in [6, 6.07) is 62.5. The second kappa shape index (κ2) is 11.7. The largest absolute Gasteiger partial charge is 0.309 e. The van der Waals surface area contributed by atoms with Gasteiger partial charge in [-0.25, -0.2) is 9.97 Å². The van der Waals surface area contributed by atoms with E-state index in [-0.39, 0.29) is 0 Å². The molecule has 10 aromatic rings. The first-order valence-electron chi connectivity index (χ1n) is 16.8. The lowest BCUT2D eigenvalue weighted by Gasteiger charge is -2.10. The molecule has 50 heavy (non-hydrogen) atoms. The first-order chi connectivity index (χ1) is 24.8. The molecule has 0 atom stereocenters. The van der Waals surface area contributed by atoms with Crippen LogP contribution in [-0.2, 0) is 0 Å². The smallest absolute Gasteiger partial charge is 0.160 e. The minimum absolute atomic E-state index is 0.737. The minimum Gasteiger partial charge on any atom is -0.309 e. The van der Waals surface area contributed by atoms with Crippen LogP contribution < -0.4 is 0 Å². The minimum atomic E-state index is 0.737. The van der Waals surface area contributed by atoms with E-state index < -0.39 is 0 Å². The molecule has 0 saturated heterocycles. The Morgan fingerprint density at radius 1 is 0.400 bits per heavy atom. The number of thiophene rings is 1. The molecular formula is C46H29N3S. The quantitative estimate of drug-likeness (QED) is 0.185. The summed E-state index contributed by atoms with van der Waals surface area (Å²) >= 11 is 1.77. The standard InChI is InChI=1S/C46H29N3S/c1-3-11-30(12-4-1)31-19-21-33(22-20-31)43-45-44(48-46(47-43)34-13-5-2-6-14-34)39-29-35(25-28-42(39)50-45)32-23-26-36(27-24-32)49-40-17-9-7-15-37(40)38-16-8-10-18-41(38)49/h1-29H. The summed E-state index contributed by atoms with van der Waals surface area (Å²) in [4.78, 5) is 10.4. The number of fused-ring (bicyclic) bond motifs is 6. The van der Waals surface area contributed by atoms with Crippen molar-refractivity contribution in [3.63, 3.8) is 0 Å². The van der Waals surface area contributed by atoms with Gasteiger partial charge in [0, 0.05) is 37.7 Å². The third-order valence-electron chi connectivity index (χ3n) is 9.65. The molecule has 0 fully saturated rings. The molecule has 0 aliphatic carbocycles. The van der Waals surface area contributed by atoms with E-state index in [1.807, 2.05) is 18.2 Å². The average molecular weight is 656 g/mol. The summed E-state index contributed by atoms with van der Waals surface area (Å²) in [5, 5.41) is 3.69. The number of hydrogen-bond acceptors (Lipinski definition) is 3. The van der Waals surface area contributed by atoms with Crippen LogP contribution in [0.4, 0.5) is 0 Å². The monoisotopic (exact) mass is 655 g/mol. The van der Waals surface area contributed by atoms with E-state index >= 15 is 0 Å². The van der Waals surface area contributed by atoms with E-state index in [9.17, 15) is 0 Å². The van der Waals surface area contributed by atoms with Crippen molar-refractivity contribution in [3.05, 3.63) is 176 Å². The molecule has 0 radical (unpaired) electrons. The van der Waals surface area contributed by atoms with Crippen LogP contribution in [0, 0.1) is 0 Å². The maximum absolute atomic E-state index is 5.22. The zero-order valence-electron chi connectivity index (χ0n) is 27.0. The van der Waals surface area contributed by atoms with Crippen molar-refractivity contribution in [1.29, 1.82) is 0 Å². The predicted molar refractivity (Wildman–Crippen MR) is 211 cm³/mol. The molecule has 7 aromatic carbocycles. The van der Waals surface area contributed by atoms with Gasteiger partial charge in [-0.2, -0.15) is 0 Å². The Bertz CT molecular complexity index is 2780. The number of benzene rings is 7. The zero-order valence-corrected chi connectivity index (χ0v) is 27.8. The number of nitrogens with zero attached hydrogens (tertiary/aromatic N) is 3. The fourth-order valence-electron chi connectivity index (χ4n) is 7.19. The van der Waals surface area contributed by atoms with Gasteiger partial charge in [-0.1, -0.05) is 140 Å². The van der Waals surface area contributed by atoms with Gasteiger partial charge in [0.05, 0.1) is 26.9 Å².